The molecule has 0 saturated carbocycles. The standard InChI is InChI=1S/C13H21N3.C13H20N2OS/c1-13(2)7-5-9-16(13)12-11(10-14-3)6-4-8-15-12;1-10-4-6-15(7-5-10)17-13-8-12(9-16)14(3)11(13)2/h4,6,8,14H,5,7,9-10H2,1-3H3;8-10H,4-7H2,1-3H3. The first kappa shape index (κ1) is 25.8. The van der Waals surface area contributed by atoms with Crippen molar-refractivity contribution in [3.63, 3.8) is 0 Å². The third kappa shape index (κ3) is 6.40. The van der Waals surface area contributed by atoms with E-state index in [1.54, 1.807) is 11.9 Å². The molecule has 182 valence electrons. The summed E-state index contributed by atoms with van der Waals surface area (Å²) in [6.45, 7) is 13.3. The van der Waals surface area contributed by atoms with Crippen LogP contribution in [0.3, 0.4) is 0 Å². The minimum absolute atomic E-state index is 0.247. The molecule has 0 amide bonds. The van der Waals surface area contributed by atoms with E-state index in [0.29, 0.717) is 0 Å². The Kier molecular flexibility index (Phi) is 9.02. The second kappa shape index (κ2) is 11.5. The highest BCUT2D eigenvalue weighted by Gasteiger charge is 2.33. The molecule has 33 heavy (non-hydrogen) atoms. The molecule has 0 aromatic carbocycles. The van der Waals surface area contributed by atoms with Gasteiger partial charge in [-0.3, -0.25) is 4.79 Å². The van der Waals surface area contributed by atoms with E-state index in [2.05, 4.69) is 53.3 Å². The first-order valence-electron chi connectivity index (χ1n) is 12.2. The molecule has 0 unspecified atom stereocenters. The summed E-state index contributed by atoms with van der Waals surface area (Å²) in [5.74, 6) is 2.01. The summed E-state index contributed by atoms with van der Waals surface area (Å²) in [6.07, 6.45) is 7.89. The highest BCUT2D eigenvalue weighted by atomic mass is 32.2. The number of hydrogen-bond acceptors (Lipinski definition) is 6. The number of aldehydes is 1. The van der Waals surface area contributed by atoms with Crippen LogP contribution >= 0.6 is 11.9 Å². The number of piperidine rings is 1. The third-order valence-corrected chi connectivity index (χ3v) is 8.24. The maximum absolute atomic E-state index is 10.9. The molecule has 0 radical (unpaired) electrons. The van der Waals surface area contributed by atoms with Crippen molar-refractivity contribution in [1.29, 1.82) is 0 Å². The van der Waals surface area contributed by atoms with Gasteiger partial charge in [-0.25, -0.2) is 9.29 Å². The quantitative estimate of drug-likeness (QED) is 0.469. The molecule has 0 spiro atoms. The van der Waals surface area contributed by atoms with Gasteiger partial charge in [0.15, 0.2) is 6.29 Å². The average molecular weight is 472 g/mol. The maximum atomic E-state index is 10.9. The van der Waals surface area contributed by atoms with Gasteiger partial charge in [-0.2, -0.15) is 0 Å². The van der Waals surface area contributed by atoms with Crippen molar-refractivity contribution in [2.75, 3.05) is 31.6 Å². The number of anilines is 1. The van der Waals surface area contributed by atoms with Crippen molar-refractivity contribution in [2.45, 2.75) is 70.4 Å². The lowest BCUT2D eigenvalue weighted by Crippen LogP contribution is -2.39. The molecule has 2 saturated heterocycles. The fraction of sp³-hybridized carbons (Fsp3) is 0.615. The van der Waals surface area contributed by atoms with E-state index >= 15 is 0 Å². The van der Waals surface area contributed by atoms with Crippen LogP contribution in [0.5, 0.6) is 0 Å². The molecule has 2 fully saturated rings. The van der Waals surface area contributed by atoms with Gasteiger partial charge in [-0.05, 0) is 83.5 Å². The zero-order valence-corrected chi connectivity index (χ0v) is 22.0. The zero-order chi connectivity index (χ0) is 24.0. The Morgan fingerprint density at radius 3 is 2.58 bits per heavy atom. The molecule has 7 heteroatoms. The fourth-order valence-electron chi connectivity index (χ4n) is 4.62. The molecule has 0 aliphatic carbocycles. The van der Waals surface area contributed by atoms with Gasteiger partial charge >= 0.3 is 0 Å². The van der Waals surface area contributed by atoms with Crippen LogP contribution in [0.25, 0.3) is 0 Å². The van der Waals surface area contributed by atoms with E-state index in [9.17, 15) is 4.79 Å². The number of pyridine rings is 1. The lowest BCUT2D eigenvalue weighted by atomic mass is 10.0. The van der Waals surface area contributed by atoms with Crippen molar-refractivity contribution in [2.24, 2.45) is 13.0 Å². The lowest BCUT2D eigenvalue weighted by Gasteiger charge is -2.34. The van der Waals surface area contributed by atoms with Crippen LogP contribution in [0.2, 0.25) is 0 Å². The minimum Gasteiger partial charge on any atom is -0.351 e. The molecule has 0 bridgehead atoms. The summed E-state index contributed by atoms with van der Waals surface area (Å²) in [4.78, 5) is 19.1. The summed E-state index contributed by atoms with van der Waals surface area (Å²) in [6, 6.07) is 6.16. The highest BCUT2D eigenvalue weighted by Crippen LogP contribution is 2.34. The summed E-state index contributed by atoms with van der Waals surface area (Å²) in [5, 5.41) is 3.21. The topological polar surface area (TPSA) is 53.4 Å². The Hall–Kier alpha value is -1.83. The predicted molar refractivity (Wildman–Crippen MR) is 139 cm³/mol. The minimum atomic E-state index is 0.247. The molecule has 2 aromatic rings. The number of hydrogen-bond donors (Lipinski definition) is 1. The summed E-state index contributed by atoms with van der Waals surface area (Å²) in [7, 11) is 3.92. The van der Waals surface area contributed by atoms with Crippen LogP contribution < -0.4 is 10.2 Å². The van der Waals surface area contributed by atoms with E-state index in [-0.39, 0.29) is 5.54 Å². The van der Waals surface area contributed by atoms with Crippen LogP contribution in [-0.4, -0.2) is 52.4 Å². The first-order chi connectivity index (χ1) is 15.8. The van der Waals surface area contributed by atoms with Gasteiger partial charge in [0.05, 0.1) is 5.69 Å². The molecule has 2 aliphatic rings. The molecule has 0 atom stereocenters. The second-order valence-corrected chi connectivity index (χ2v) is 11.1. The molecule has 2 aliphatic heterocycles. The van der Waals surface area contributed by atoms with Crippen molar-refractivity contribution in [3.8, 4) is 0 Å². The Bertz CT molecular complexity index is 917. The number of nitrogens with one attached hydrogen (secondary N) is 1. The van der Waals surface area contributed by atoms with E-state index in [0.717, 1.165) is 49.9 Å². The van der Waals surface area contributed by atoms with Gasteiger partial charge in [0, 0.05) is 61.1 Å². The molecular weight excluding hydrogens is 430 g/mol. The van der Waals surface area contributed by atoms with Crippen LogP contribution in [0.4, 0.5) is 5.82 Å². The van der Waals surface area contributed by atoms with Crippen LogP contribution in [-0.2, 0) is 13.6 Å². The Labute approximate surface area is 204 Å². The first-order valence-corrected chi connectivity index (χ1v) is 12.9. The number of rotatable bonds is 6. The van der Waals surface area contributed by atoms with Crippen LogP contribution in [0.1, 0.15) is 68.2 Å². The molecule has 4 rings (SSSR count). The van der Waals surface area contributed by atoms with Crippen LogP contribution in [0, 0.1) is 12.8 Å². The molecule has 6 nitrogen and oxygen atoms in total. The lowest BCUT2D eigenvalue weighted by molar-refractivity contribution is 0.111. The summed E-state index contributed by atoms with van der Waals surface area (Å²) in [5.41, 5.74) is 3.47. The number of carbonyl (C=O) groups excluding carboxylic acids is 1. The predicted octanol–water partition coefficient (Wildman–Crippen LogP) is 5.06. The van der Waals surface area contributed by atoms with E-state index in [1.807, 2.05) is 37.0 Å². The van der Waals surface area contributed by atoms with Crippen molar-refractivity contribution < 1.29 is 4.79 Å². The van der Waals surface area contributed by atoms with Crippen LogP contribution in [0.15, 0.2) is 29.3 Å². The maximum Gasteiger partial charge on any atom is 0.166 e. The third-order valence-electron chi connectivity index (χ3n) is 7.01. The summed E-state index contributed by atoms with van der Waals surface area (Å²) < 4.78 is 4.37. The molecule has 4 heterocycles. The van der Waals surface area contributed by atoms with Crippen molar-refractivity contribution >= 4 is 24.1 Å². The number of nitrogens with zero attached hydrogens (tertiary/aromatic N) is 4. The van der Waals surface area contributed by atoms with Gasteiger partial charge in [0.1, 0.15) is 5.82 Å². The van der Waals surface area contributed by atoms with E-state index in [4.69, 9.17) is 0 Å². The van der Waals surface area contributed by atoms with Gasteiger partial charge < -0.3 is 14.8 Å². The highest BCUT2D eigenvalue weighted by molar-refractivity contribution is 7.97. The molecular formula is C26H41N5OS. The fourth-order valence-corrected chi connectivity index (χ4v) is 5.73. The SMILES string of the molecule is CNCc1cccnc1N1CCCC1(C)C.Cc1c(SN2CCC(C)CC2)cc(C=O)n1C. The van der Waals surface area contributed by atoms with Crippen molar-refractivity contribution in [1.82, 2.24) is 19.2 Å². The van der Waals surface area contributed by atoms with E-state index in [1.165, 1.54) is 41.8 Å². The molecule has 2 aromatic heterocycles. The van der Waals surface area contributed by atoms with Crippen molar-refractivity contribution in [3.05, 3.63) is 41.3 Å². The smallest absolute Gasteiger partial charge is 0.166 e. The molecule has 1 N–H and O–H groups in total. The largest absolute Gasteiger partial charge is 0.351 e. The number of carbonyl (C=O) groups is 1. The van der Waals surface area contributed by atoms with Gasteiger partial charge in [-0.15, -0.1) is 0 Å². The number of aromatic nitrogens is 2. The Morgan fingerprint density at radius 1 is 1.27 bits per heavy atom. The Balaban J connectivity index is 0.000000186. The van der Waals surface area contributed by atoms with Gasteiger partial charge in [-0.1, -0.05) is 13.0 Å². The monoisotopic (exact) mass is 471 g/mol. The normalized spacial score (nSPS) is 18.8. The van der Waals surface area contributed by atoms with Gasteiger partial charge in [0.25, 0.3) is 0 Å². The second-order valence-electron chi connectivity index (χ2n) is 9.98. The summed E-state index contributed by atoms with van der Waals surface area (Å²) >= 11 is 1.80. The van der Waals surface area contributed by atoms with E-state index < -0.39 is 0 Å². The van der Waals surface area contributed by atoms with Gasteiger partial charge in [0.2, 0.25) is 0 Å². The Morgan fingerprint density at radius 2 is 2.00 bits per heavy atom. The zero-order valence-electron chi connectivity index (χ0n) is 21.2. The average Bonchev–Trinajstić information content (AvgIpc) is 3.29.